The predicted octanol–water partition coefficient (Wildman–Crippen LogP) is 3.63. The minimum Gasteiger partial charge on any atom is -0.493 e. The van der Waals surface area contributed by atoms with E-state index in [1.54, 1.807) is 31.2 Å². The van der Waals surface area contributed by atoms with Crippen LogP contribution in [0.25, 0.3) is 0 Å². The second-order valence-corrected chi connectivity index (χ2v) is 6.64. The molecular formula is C23H24N2O5. The van der Waals surface area contributed by atoms with Gasteiger partial charge in [0.15, 0.2) is 11.5 Å². The number of benzene rings is 2. The zero-order chi connectivity index (χ0) is 21.5. The van der Waals surface area contributed by atoms with Crippen molar-refractivity contribution in [1.29, 1.82) is 0 Å². The van der Waals surface area contributed by atoms with Gasteiger partial charge in [-0.05, 0) is 30.2 Å². The lowest BCUT2D eigenvalue weighted by atomic mass is 9.95. The number of esters is 1. The van der Waals surface area contributed by atoms with Gasteiger partial charge in [0.1, 0.15) is 13.2 Å². The highest BCUT2D eigenvalue weighted by Crippen LogP contribution is 2.34. The molecule has 2 N–H and O–H groups in total. The molecule has 0 radical (unpaired) electrons. The summed E-state index contributed by atoms with van der Waals surface area (Å²) in [5, 5.41) is 5.42. The molecule has 156 valence electrons. The van der Waals surface area contributed by atoms with E-state index in [-0.39, 0.29) is 6.61 Å². The van der Waals surface area contributed by atoms with Crippen LogP contribution in [0, 0.1) is 0 Å². The van der Waals surface area contributed by atoms with Gasteiger partial charge >= 0.3 is 12.0 Å². The number of allylic oxidation sites excluding steroid dienone is 1. The largest absolute Gasteiger partial charge is 0.493 e. The second-order valence-electron chi connectivity index (χ2n) is 6.64. The lowest BCUT2D eigenvalue weighted by Gasteiger charge is -2.28. The lowest BCUT2D eigenvalue weighted by Crippen LogP contribution is -2.45. The summed E-state index contributed by atoms with van der Waals surface area (Å²) in [4.78, 5) is 25.0. The van der Waals surface area contributed by atoms with E-state index in [2.05, 4.69) is 17.2 Å². The van der Waals surface area contributed by atoms with E-state index in [0.29, 0.717) is 34.9 Å². The third kappa shape index (κ3) is 4.81. The highest BCUT2D eigenvalue weighted by Gasteiger charge is 2.32. The monoisotopic (exact) mass is 408 g/mol. The summed E-state index contributed by atoms with van der Waals surface area (Å²) < 4.78 is 16.5. The molecule has 0 unspecified atom stereocenters. The number of carbonyl (C=O) groups excluding carboxylic acids is 2. The van der Waals surface area contributed by atoms with Crippen LogP contribution in [-0.2, 0) is 16.1 Å². The van der Waals surface area contributed by atoms with Gasteiger partial charge in [-0.3, -0.25) is 0 Å². The molecule has 0 saturated carbocycles. The van der Waals surface area contributed by atoms with Gasteiger partial charge < -0.3 is 24.8 Å². The molecule has 0 aromatic heterocycles. The molecule has 0 aliphatic carbocycles. The van der Waals surface area contributed by atoms with E-state index >= 15 is 0 Å². The Balaban J connectivity index is 1.87. The van der Waals surface area contributed by atoms with Gasteiger partial charge in [-0.25, -0.2) is 9.59 Å². The maximum Gasteiger partial charge on any atom is 0.338 e. The highest BCUT2D eigenvalue weighted by molar-refractivity contribution is 5.95. The van der Waals surface area contributed by atoms with Crippen molar-refractivity contribution in [3.8, 4) is 11.5 Å². The van der Waals surface area contributed by atoms with E-state index in [9.17, 15) is 9.59 Å². The lowest BCUT2D eigenvalue weighted by molar-refractivity contribution is -0.140. The minimum atomic E-state index is -0.690. The van der Waals surface area contributed by atoms with Gasteiger partial charge in [0.25, 0.3) is 0 Å². The van der Waals surface area contributed by atoms with Crippen molar-refractivity contribution in [3.05, 3.63) is 83.6 Å². The van der Waals surface area contributed by atoms with E-state index in [1.165, 1.54) is 7.11 Å². The van der Waals surface area contributed by atoms with Crippen LogP contribution in [0.2, 0.25) is 0 Å². The molecule has 1 aliphatic rings. The Morgan fingerprint density at radius 2 is 1.93 bits per heavy atom. The van der Waals surface area contributed by atoms with Gasteiger partial charge in [-0.15, -0.1) is 0 Å². The zero-order valence-electron chi connectivity index (χ0n) is 16.9. The third-order valence-corrected chi connectivity index (χ3v) is 4.58. The summed E-state index contributed by atoms with van der Waals surface area (Å²) in [5.41, 5.74) is 2.30. The maximum absolute atomic E-state index is 12.9. The van der Waals surface area contributed by atoms with Crippen molar-refractivity contribution in [1.82, 2.24) is 10.6 Å². The van der Waals surface area contributed by atoms with Crippen LogP contribution in [0.4, 0.5) is 4.79 Å². The Hall–Kier alpha value is -3.74. The number of carbonyl (C=O) groups is 2. The minimum absolute atomic E-state index is 0.134. The van der Waals surface area contributed by atoms with Crippen LogP contribution >= 0.6 is 0 Å². The maximum atomic E-state index is 12.9. The number of hydrogen-bond acceptors (Lipinski definition) is 5. The average Bonchev–Trinajstić information content (AvgIpc) is 2.76. The fourth-order valence-electron chi connectivity index (χ4n) is 3.15. The van der Waals surface area contributed by atoms with Gasteiger partial charge in [-0.2, -0.15) is 0 Å². The van der Waals surface area contributed by atoms with Gasteiger partial charge in [0, 0.05) is 5.70 Å². The summed E-state index contributed by atoms with van der Waals surface area (Å²) >= 11 is 0. The van der Waals surface area contributed by atoms with Crippen LogP contribution in [0.15, 0.2) is 72.5 Å². The molecular weight excluding hydrogens is 384 g/mol. The molecule has 0 spiro atoms. The SMILES string of the molecule is C=CCOc1ccc([C@H]2NC(=O)NC(C)=C2C(=O)OCc2ccccc2)cc1OC. The van der Waals surface area contributed by atoms with Gasteiger partial charge in [0.2, 0.25) is 0 Å². The average molecular weight is 408 g/mol. The van der Waals surface area contributed by atoms with Crippen molar-refractivity contribution in [2.45, 2.75) is 19.6 Å². The summed E-state index contributed by atoms with van der Waals surface area (Å²) in [7, 11) is 1.52. The fraction of sp³-hybridized carbons (Fsp3) is 0.217. The van der Waals surface area contributed by atoms with Crippen LogP contribution in [-0.4, -0.2) is 25.7 Å². The topological polar surface area (TPSA) is 85.9 Å². The number of nitrogens with one attached hydrogen (secondary N) is 2. The first-order valence-corrected chi connectivity index (χ1v) is 9.44. The predicted molar refractivity (Wildman–Crippen MR) is 112 cm³/mol. The summed E-state index contributed by atoms with van der Waals surface area (Å²) in [5.74, 6) is 0.506. The summed E-state index contributed by atoms with van der Waals surface area (Å²) in [6.07, 6.45) is 1.63. The standard InChI is InChI=1S/C23H24N2O5/c1-4-12-29-18-11-10-17(13-19(18)28-3)21-20(15(2)24-23(27)25-21)22(26)30-14-16-8-6-5-7-9-16/h4-11,13,21H,1,12,14H2,2-3H3,(H2,24,25,27)/t21-/m1/s1. The van der Waals surface area contributed by atoms with Crippen molar-refractivity contribution < 1.29 is 23.8 Å². The Labute approximate surface area is 175 Å². The smallest absolute Gasteiger partial charge is 0.338 e. The molecule has 3 rings (SSSR count). The van der Waals surface area contributed by atoms with E-state index in [4.69, 9.17) is 14.2 Å². The molecule has 30 heavy (non-hydrogen) atoms. The Kier molecular flexibility index (Phi) is 6.75. The second kappa shape index (κ2) is 9.65. The van der Waals surface area contributed by atoms with Gasteiger partial charge in [0.05, 0.1) is 18.7 Å². The highest BCUT2D eigenvalue weighted by atomic mass is 16.5. The quantitative estimate of drug-likeness (QED) is 0.515. The molecule has 2 aromatic rings. The summed E-state index contributed by atoms with van der Waals surface area (Å²) in [6, 6.07) is 13.5. The first kappa shape index (κ1) is 21.0. The molecule has 1 atom stereocenters. The van der Waals surface area contributed by atoms with Gasteiger partial charge in [-0.1, -0.05) is 49.1 Å². The van der Waals surface area contributed by atoms with Crippen molar-refractivity contribution >= 4 is 12.0 Å². The molecule has 0 saturated heterocycles. The van der Waals surface area contributed by atoms with Crippen LogP contribution in [0.3, 0.4) is 0 Å². The van der Waals surface area contributed by atoms with Crippen LogP contribution in [0.5, 0.6) is 11.5 Å². The molecule has 0 fully saturated rings. The van der Waals surface area contributed by atoms with E-state index in [0.717, 1.165) is 5.56 Å². The first-order chi connectivity index (χ1) is 14.5. The molecule has 2 amide bonds. The number of ether oxygens (including phenoxy) is 3. The molecule has 1 aliphatic heterocycles. The number of urea groups is 1. The third-order valence-electron chi connectivity index (χ3n) is 4.58. The van der Waals surface area contributed by atoms with Crippen molar-refractivity contribution in [2.24, 2.45) is 0 Å². The summed E-state index contributed by atoms with van der Waals surface area (Å²) in [6.45, 7) is 5.76. The molecule has 1 heterocycles. The number of rotatable bonds is 8. The zero-order valence-corrected chi connectivity index (χ0v) is 16.9. The molecule has 2 aromatic carbocycles. The van der Waals surface area contributed by atoms with Crippen molar-refractivity contribution in [3.63, 3.8) is 0 Å². The fourth-order valence-corrected chi connectivity index (χ4v) is 3.15. The number of hydrogen-bond donors (Lipinski definition) is 2. The Morgan fingerprint density at radius 1 is 1.17 bits per heavy atom. The molecule has 7 nitrogen and oxygen atoms in total. The van der Waals surface area contributed by atoms with Crippen LogP contribution in [0.1, 0.15) is 24.1 Å². The normalized spacial score (nSPS) is 15.7. The number of amides is 2. The Bertz CT molecular complexity index is 969. The molecule has 7 heteroatoms. The van der Waals surface area contributed by atoms with E-state index < -0.39 is 18.0 Å². The van der Waals surface area contributed by atoms with Crippen LogP contribution < -0.4 is 20.1 Å². The molecule has 0 bridgehead atoms. The van der Waals surface area contributed by atoms with Crippen molar-refractivity contribution in [2.75, 3.05) is 13.7 Å². The first-order valence-electron chi connectivity index (χ1n) is 9.44. The van der Waals surface area contributed by atoms with E-state index in [1.807, 2.05) is 30.3 Å². The Morgan fingerprint density at radius 3 is 2.63 bits per heavy atom. The number of methoxy groups -OCH3 is 1.